The fourth-order valence-corrected chi connectivity index (χ4v) is 1.77. The molecule has 0 spiro atoms. The minimum atomic E-state index is -1.45. The second-order valence-electron chi connectivity index (χ2n) is 4.07. The van der Waals surface area contributed by atoms with Gasteiger partial charge in [0.1, 0.15) is 11.9 Å². The molecule has 1 N–H and O–H groups in total. The number of aryl methyl sites for hydroxylation is 1. The van der Waals surface area contributed by atoms with E-state index < -0.39 is 23.6 Å². The minimum absolute atomic E-state index is 0.228. The largest absolute Gasteiger partial charge is 0.382 e. The van der Waals surface area contributed by atoms with Gasteiger partial charge in [0.25, 0.3) is 0 Å². The summed E-state index contributed by atoms with van der Waals surface area (Å²) >= 11 is 0. The number of aromatic nitrogens is 3. The van der Waals surface area contributed by atoms with Gasteiger partial charge in [-0.25, -0.2) is 17.9 Å². The summed E-state index contributed by atoms with van der Waals surface area (Å²) in [5.41, 5.74) is -0.120. The first kappa shape index (κ1) is 13.5. The van der Waals surface area contributed by atoms with Crippen molar-refractivity contribution in [3.05, 3.63) is 47.0 Å². The molecule has 0 aliphatic carbocycles. The average Bonchev–Trinajstić information content (AvgIpc) is 2.82. The predicted octanol–water partition coefficient (Wildman–Crippen LogP) is 2.19. The van der Waals surface area contributed by atoms with Gasteiger partial charge in [-0.05, 0) is 12.5 Å². The van der Waals surface area contributed by atoms with Gasteiger partial charge >= 0.3 is 0 Å². The molecule has 0 bridgehead atoms. The summed E-state index contributed by atoms with van der Waals surface area (Å²) < 4.78 is 40.9. The minimum Gasteiger partial charge on any atom is -0.382 e. The van der Waals surface area contributed by atoms with Gasteiger partial charge in [0, 0.05) is 18.2 Å². The van der Waals surface area contributed by atoms with E-state index in [1.807, 2.05) is 6.92 Å². The van der Waals surface area contributed by atoms with Crippen molar-refractivity contribution in [1.29, 1.82) is 0 Å². The highest BCUT2D eigenvalue weighted by Crippen LogP contribution is 2.25. The molecule has 0 aliphatic heterocycles. The average molecular weight is 271 g/mol. The van der Waals surface area contributed by atoms with Gasteiger partial charge in [-0.15, -0.1) is 5.10 Å². The summed E-state index contributed by atoms with van der Waals surface area (Å²) in [6, 6.07) is 1.04. The summed E-state index contributed by atoms with van der Waals surface area (Å²) in [7, 11) is 0. The molecule has 2 rings (SSSR count). The van der Waals surface area contributed by atoms with Gasteiger partial charge in [-0.2, -0.15) is 0 Å². The maximum absolute atomic E-state index is 13.6. The van der Waals surface area contributed by atoms with Crippen LogP contribution in [-0.4, -0.2) is 20.1 Å². The van der Waals surface area contributed by atoms with Gasteiger partial charge in [-0.3, -0.25) is 0 Å². The number of aliphatic hydroxyl groups excluding tert-OH is 1. The van der Waals surface area contributed by atoms with Crippen molar-refractivity contribution in [2.75, 3.05) is 0 Å². The van der Waals surface area contributed by atoms with E-state index in [1.54, 1.807) is 0 Å². The molecule has 1 aromatic carbocycles. The van der Waals surface area contributed by atoms with E-state index in [0.717, 1.165) is 6.42 Å². The van der Waals surface area contributed by atoms with Crippen LogP contribution < -0.4 is 0 Å². The Balaban J connectivity index is 2.41. The van der Waals surface area contributed by atoms with Crippen molar-refractivity contribution >= 4 is 0 Å². The van der Waals surface area contributed by atoms with Crippen LogP contribution in [0.2, 0.25) is 0 Å². The second kappa shape index (κ2) is 5.40. The van der Waals surface area contributed by atoms with Crippen molar-refractivity contribution in [3.8, 4) is 0 Å². The lowest BCUT2D eigenvalue weighted by atomic mass is 10.1. The summed E-state index contributed by atoms with van der Waals surface area (Å²) in [4.78, 5) is 0. The summed E-state index contributed by atoms with van der Waals surface area (Å²) in [6.45, 7) is 2.38. The zero-order chi connectivity index (χ0) is 14.0. The maximum Gasteiger partial charge on any atom is 0.161 e. The van der Waals surface area contributed by atoms with Crippen molar-refractivity contribution in [2.45, 2.75) is 26.0 Å². The molecule has 19 heavy (non-hydrogen) atoms. The van der Waals surface area contributed by atoms with Crippen LogP contribution in [0, 0.1) is 17.5 Å². The Kier molecular flexibility index (Phi) is 3.84. The number of hydrogen-bond acceptors (Lipinski definition) is 3. The van der Waals surface area contributed by atoms with Crippen LogP contribution in [0.5, 0.6) is 0 Å². The highest BCUT2D eigenvalue weighted by atomic mass is 19.2. The topological polar surface area (TPSA) is 50.9 Å². The van der Waals surface area contributed by atoms with E-state index in [9.17, 15) is 18.3 Å². The molecule has 0 fully saturated rings. The molecule has 2 aromatic rings. The number of rotatable bonds is 4. The number of hydrogen-bond donors (Lipinski definition) is 1. The first-order valence-corrected chi connectivity index (χ1v) is 5.75. The third-order valence-corrected chi connectivity index (χ3v) is 2.70. The molecule has 0 saturated heterocycles. The van der Waals surface area contributed by atoms with Gasteiger partial charge in [0.05, 0.1) is 11.9 Å². The van der Waals surface area contributed by atoms with Crippen LogP contribution in [0.3, 0.4) is 0 Å². The summed E-state index contributed by atoms with van der Waals surface area (Å²) in [6.07, 6.45) is 0.557. The fraction of sp³-hybridized carbons (Fsp3) is 0.333. The fourth-order valence-electron chi connectivity index (χ4n) is 1.77. The lowest BCUT2D eigenvalue weighted by Gasteiger charge is -2.13. The van der Waals surface area contributed by atoms with Crippen LogP contribution in [0.4, 0.5) is 13.2 Å². The molecule has 4 nitrogen and oxygen atoms in total. The molecule has 102 valence electrons. The highest BCUT2D eigenvalue weighted by Gasteiger charge is 2.21. The molecular formula is C12H12F3N3O. The van der Waals surface area contributed by atoms with Crippen molar-refractivity contribution in [2.24, 2.45) is 0 Å². The van der Waals surface area contributed by atoms with E-state index in [0.29, 0.717) is 18.7 Å². The molecule has 0 amide bonds. The number of benzene rings is 1. The van der Waals surface area contributed by atoms with E-state index in [-0.39, 0.29) is 11.3 Å². The Bertz CT molecular complexity index is 586. The van der Waals surface area contributed by atoms with E-state index in [1.165, 1.54) is 10.9 Å². The first-order chi connectivity index (χ1) is 9.04. The van der Waals surface area contributed by atoms with Crippen LogP contribution in [0.25, 0.3) is 0 Å². The quantitative estimate of drug-likeness (QED) is 0.867. The van der Waals surface area contributed by atoms with Crippen molar-refractivity contribution < 1.29 is 18.3 Å². The Hall–Kier alpha value is -1.89. The van der Waals surface area contributed by atoms with E-state index >= 15 is 0 Å². The van der Waals surface area contributed by atoms with Crippen LogP contribution >= 0.6 is 0 Å². The van der Waals surface area contributed by atoms with E-state index in [2.05, 4.69) is 10.3 Å². The van der Waals surface area contributed by atoms with Gasteiger partial charge in [0.15, 0.2) is 11.6 Å². The zero-order valence-corrected chi connectivity index (χ0v) is 10.1. The highest BCUT2D eigenvalue weighted by molar-refractivity contribution is 5.27. The second-order valence-corrected chi connectivity index (χ2v) is 4.07. The summed E-state index contributed by atoms with van der Waals surface area (Å²) in [5, 5.41) is 17.4. The molecule has 0 saturated carbocycles. The number of halogens is 3. The molecule has 1 unspecified atom stereocenters. The molecule has 1 aromatic heterocycles. The Morgan fingerprint density at radius 2 is 1.89 bits per heavy atom. The Labute approximate surface area is 107 Å². The third kappa shape index (κ3) is 2.60. The zero-order valence-electron chi connectivity index (χ0n) is 10.1. The SMILES string of the molecule is CCCn1nncc1C(O)c1cc(F)c(F)cc1F. The van der Waals surface area contributed by atoms with Gasteiger partial charge in [-0.1, -0.05) is 12.1 Å². The monoisotopic (exact) mass is 271 g/mol. The van der Waals surface area contributed by atoms with E-state index in [4.69, 9.17) is 0 Å². The third-order valence-electron chi connectivity index (χ3n) is 2.70. The van der Waals surface area contributed by atoms with Crippen molar-refractivity contribution in [3.63, 3.8) is 0 Å². The lowest BCUT2D eigenvalue weighted by molar-refractivity contribution is 0.201. The molecular weight excluding hydrogens is 259 g/mol. The first-order valence-electron chi connectivity index (χ1n) is 5.75. The number of aliphatic hydroxyl groups is 1. The Morgan fingerprint density at radius 1 is 1.21 bits per heavy atom. The van der Waals surface area contributed by atoms with Crippen molar-refractivity contribution in [1.82, 2.24) is 15.0 Å². The maximum atomic E-state index is 13.6. The molecule has 0 radical (unpaired) electrons. The standard InChI is InChI=1S/C12H12F3N3O/c1-2-3-18-11(6-16-17-18)12(19)7-4-9(14)10(15)5-8(7)13/h4-6,12,19H,2-3H2,1H3. The Morgan fingerprint density at radius 3 is 2.58 bits per heavy atom. The van der Waals surface area contributed by atoms with Gasteiger partial charge in [0.2, 0.25) is 0 Å². The van der Waals surface area contributed by atoms with Gasteiger partial charge < -0.3 is 5.11 Å². The normalized spacial score (nSPS) is 12.7. The summed E-state index contributed by atoms with van der Waals surface area (Å²) in [5.74, 6) is -3.53. The molecule has 1 heterocycles. The molecule has 1 atom stereocenters. The molecule has 0 aliphatic rings. The van der Waals surface area contributed by atoms with Crippen LogP contribution in [0.1, 0.15) is 30.7 Å². The lowest BCUT2D eigenvalue weighted by Crippen LogP contribution is -2.12. The van der Waals surface area contributed by atoms with Crippen LogP contribution in [0.15, 0.2) is 18.3 Å². The predicted molar refractivity (Wildman–Crippen MR) is 60.7 cm³/mol. The number of nitrogens with zero attached hydrogens (tertiary/aromatic N) is 3. The van der Waals surface area contributed by atoms with Crippen LogP contribution in [-0.2, 0) is 6.54 Å². The molecule has 7 heteroatoms. The smallest absolute Gasteiger partial charge is 0.161 e.